The van der Waals surface area contributed by atoms with Gasteiger partial charge in [0.25, 0.3) is 0 Å². The predicted molar refractivity (Wildman–Crippen MR) is 75.2 cm³/mol. The summed E-state index contributed by atoms with van der Waals surface area (Å²) in [6, 6.07) is 8.20. The maximum atomic E-state index is 5.92. The van der Waals surface area contributed by atoms with Crippen LogP contribution in [0.2, 0.25) is 0 Å². The monoisotopic (exact) mass is 263 g/mol. The Morgan fingerprint density at radius 1 is 1.21 bits per heavy atom. The molecule has 0 bridgehead atoms. The van der Waals surface area contributed by atoms with E-state index in [9.17, 15) is 0 Å². The second-order valence-corrected chi connectivity index (χ2v) is 4.62. The Balaban J connectivity index is 2.13. The lowest BCUT2D eigenvalue weighted by Crippen LogP contribution is -2.31. The van der Waals surface area contributed by atoms with E-state index in [-0.39, 0.29) is 12.3 Å². The summed E-state index contributed by atoms with van der Waals surface area (Å²) in [4.78, 5) is 0. The van der Waals surface area contributed by atoms with Gasteiger partial charge in [0.15, 0.2) is 6.29 Å². The standard InChI is InChI=1S/C15H21NO3/c1-10-12-7-5-6-8-13(12)19-15(10)11(2)16-9-14(17-3)18-4/h5-8,11,14,16H,9H2,1-4H3. The van der Waals surface area contributed by atoms with Crippen molar-refractivity contribution in [3.05, 3.63) is 35.6 Å². The van der Waals surface area contributed by atoms with Gasteiger partial charge in [-0.05, 0) is 25.5 Å². The van der Waals surface area contributed by atoms with Crippen LogP contribution in [-0.2, 0) is 9.47 Å². The van der Waals surface area contributed by atoms with Crippen molar-refractivity contribution < 1.29 is 13.9 Å². The molecule has 4 nitrogen and oxygen atoms in total. The third-order valence-electron chi connectivity index (χ3n) is 3.39. The van der Waals surface area contributed by atoms with Gasteiger partial charge < -0.3 is 19.2 Å². The van der Waals surface area contributed by atoms with E-state index in [1.165, 1.54) is 10.9 Å². The topological polar surface area (TPSA) is 43.6 Å². The van der Waals surface area contributed by atoms with Crippen LogP contribution in [-0.4, -0.2) is 27.1 Å². The van der Waals surface area contributed by atoms with Crippen LogP contribution in [0.25, 0.3) is 11.0 Å². The SMILES string of the molecule is COC(CNC(C)c1oc2ccccc2c1C)OC. The molecule has 0 aliphatic carbocycles. The minimum atomic E-state index is -0.243. The molecule has 0 fully saturated rings. The van der Waals surface area contributed by atoms with E-state index in [2.05, 4.69) is 25.2 Å². The number of hydrogen-bond acceptors (Lipinski definition) is 4. The summed E-state index contributed by atoms with van der Waals surface area (Å²) in [5, 5.41) is 4.53. The van der Waals surface area contributed by atoms with Crippen LogP contribution in [0.5, 0.6) is 0 Å². The Morgan fingerprint density at radius 3 is 2.53 bits per heavy atom. The molecule has 1 aromatic heterocycles. The van der Waals surface area contributed by atoms with E-state index in [4.69, 9.17) is 13.9 Å². The fourth-order valence-electron chi connectivity index (χ4n) is 2.23. The highest BCUT2D eigenvalue weighted by Gasteiger charge is 2.17. The Kier molecular flexibility index (Phi) is 4.58. The first-order valence-electron chi connectivity index (χ1n) is 6.44. The molecular formula is C15H21NO3. The summed E-state index contributed by atoms with van der Waals surface area (Å²) in [5.74, 6) is 0.965. The normalized spacial score (nSPS) is 13.3. The Labute approximate surface area is 113 Å². The summed E-state index contributed by atoms with van der Waals surface area (Å²) in [6.07, 6.45) is -0.243. The third-order valence-corrected chi connectivity index (χ3v) is 3.39. The predicted octanol–water partition coefficient (Wildman–Crippen LogP) is 3.01. The van der Waals surface area contributed by atoms with E-state index < -0.39 is 0 Å². The molecule has 2 rings (SSSR count). The van der Waals surface area contributed by atoms with E-state index in [1.54, 1.807) is 14.2 Å². The van der Waals surface area contributed by atoms with Gasteiger partial charge in [-0.1, -0.05) is 18.2 Å². The zero-order chi connectivity index (χ0) is 13.8. The average Bonchev–Trinajstić information content (AvgIpc) is 2.78. The number of methoxy groups -OCH3 is 2. The highest BCUT2D eigenvalue weighted by atomic mass is 16.7. The molecule has 1 heterocycles. The molecule has 1 N–H and O–H groups in total. The van der Waals surface area contributed by atoms with Gasteiger partial charge in [0.05, 0.1) is 6.04 Å². The van der Waals surface area contributed by atoms with Gasteiger partial charge in [-0.2, -0.15) is 0 Å². The van der Waals surface area contributed by atoms with Crippen molar-refractivity contribution in [2.24, 2.45) is 0 Å². The minimum absolute atomic E-state index is 0.111. The van der Waals surface area contributed by atoms with Crippen LogP contribution in [0, 0.1) is 6.92 Å². The van der Waals surface area contributed by atoms with Gasteiger partial charge in [-0.15, -0.1) is 0 Å². The first-order chi connectivity index (χ1) is 9.17. The minimum Gasteiger partial charge on any atom is -0.459 e. The van der Waals surface area contributed by atoms with Crippen LogP contribution >= 0.6 is 0 Å². The molecule has 1 aromatic carbocycles. The second kappa shape index (κ2) is 6.19. The Morgan fingerprint density at radius 2 is 1.89 bits per heavy atom. The lowest BCUT2D eigenvalue weighted by Gasteiger charge is -2.17. The molecule has 0 saturated heterocycles. The molecule has 0 saturated carbocycles. The molecule has 0 amide bonds. The Bertz CT molecular complexity index is 531. The number of hydrogen-bond donors (Lipinski definition) is 1. The molecular weight excluding hydrogens is 242 g/mol. The molecule has 0 aliphatic rings. The van der Waals surface area contributed by atoms with Gasteiger partial charge in [0, 0.05) is 26.2 Å². The van der Waals surface area contributed by atoms with E-state index in [0.717, 1.165) is 11.3 Å². The van der Waals surface area contributed by atoms with Gasteiger partial charge in [-0.3, -0.25) is 0 Å². The smallest absolute Gasteiger partial charge is 0.169 e. The van der Waals surface area contributed by atoms with Crippen LogP contribution in [0.3, 0.4) is 0 Å². The van der Waals surface area contributed by atoms with Crippen molar-refractivity contribution in [1.82, 2.24) is 5.32 Å². The molecule has 0 radical (unpaired) electrons. The van der Waals surface area contributed by atoms with Gasteiger partial charge in [0.2, 0.25) is 0 Å². The van der Waals surface area contributed by atoms with Crippen molar-refractivity contribution in [3.8, 4) is 0 Å². The fourth-order valence-corrected chi connectivity index (χ4v) is 2.23. The lowest BCUT2D eigenvalue weighted by atomic mass is 10.1. The highest BCUT2D eigenvalue weighted by Crippen LogP contribution is 2.29. The molecule has 1 unspecified atom stereocenters. The van der Waals surface area contributed by atoms with Crippen molar-refractivity contribution in [2.45, 2.75) is 26.2 Å². The number of aryl methyl sites for hydroxylation is 1. The molecule has 104 valence electrons. The zero-order valence-electron chi connectivity index (χ0n) is 11.9. The molecule has 19 heavy (non-hydrogen) atoms. The van der Waals surface area contributed by atoms with Crippen LogP contribution < -0.4 is 5.32 Å². The summed E-state index contributed by atoms with van der Waals surface area (Å²) >= 11 is 0. The molecule has 1 atom stereocenters. The van der Waals surface area contributed by atoms with E-state index in [0.29, 0.717) is 6.54 Å². The van der Waals surface area contributed by atoms with Crippen LogP contribution in [0.15, 0.2) is 28.7 Å². The number of para-hydroxylation sites is 1. The lowest BCUT2D eigenvalue weighted by molar-refractivity contribution is -0.0999. The quantitative estimate of drug-likeness (QED) is 0.814. The number of ether oxygens (including phenoxy) is 2. The fraction of sp³-hybridized carbons (Fsp3) is 0.467. The first kappa shape index (κ1) is 14.1. The Hall–Kier alpha value is -1.36. The number of benzene rings is 1. The van der Waals surface area contributed by atoms with Gasteiger partial charge in [-0.25, -0.2) is 0 Å². The van der Waals surface area contributed by atoms with Crippen LogP contribution in [0.1, 0.15) is 24.3 Å². The number of nitrogens with one attached hydrogen (secondary N) is 1. The maximum Gasteiger partial charge on any atom is 0.169 e. The second-order valence-electron chi connectivity index (χ2n) is 4.62. The maximum absolute atomic E-state index is 5.92. The highest BCUT2D eigenvalue weighted by molar-refractivity contribution is 5.82. The summed E-state index contributed by atoms with van der Waals surface area (Å²) in [5.41, 5.74) is 2.11. The molecule has 2 aromatic rings. The van der Waals surface area contributed by atoms with E-state index >= 15 is 0 Å². The van der Waals surface area contributed by atoms with Crippen molar-refractivity contribution in [2.75, 3.05) is 20.8 Å². The summed E-state index contributed by atoms with van der Waals surface area (Å²) in [6.45, 7) is 4.78. The van der Waals surface area contributed by atoms with Gasteiger partial charge >= 0.3 is 0 Å². The third kappa shape index (κ3) is 2.97. The number of furan rings is 1. The average molecular weight is 263 g/mol. The van der Waals surface area contributed by atoms with Gasteiger partial charge in [0.1, 0.15) is 11.3 Å². The zero-order valence-corrected chi connectivity index (χ0v) is 11.9. The first-order valence-corrected chi connectivity index (χ1v) is 6.44. The van der Waals surface area contributed by atoms with Crippen LogP contribution in [0.4, 0.5) is 0 Å². The van der Waals surface area contributed by atoms with Crippen molar-refractivity contribution in [1.29, 1.82) is 0 Å². The van der Waals surface area contributed by atoms with E-state index in [1.807, 2.05) is 18.2 Å². The van der Waals surface area contributed by atoms with Crippen molar-refractivity contribution >= 4 is 11.0 Å². The largest absolute Gasteiger partial charge is 0.459 e. The summed E-state index contributed by atoms with van der Waals surface area (Å²) in [7, 11) is 3.26. The molecule has 0 spiro atoms. The van der Waals surface area contributed by atoms with Crippen molar-refractivity contribution in [3.63, 3.8) is 0 Å². The number of fused-ring (bicyclic) bond motifs is 1. The number of rotatable bonds is 6. The molecule has 0 aliphatic heterocycles. The summed E-state index contributed by atoms with van der Waals surface area (Å²) < 4.78 is 16.2. The molecule has 4 heteroatoms.